The van der Waals surface area contributed by atoms with Crippen molar-refractivity contribution in [3.8, 4) is 11.5 Å². The molecule has 0 saturated heterocycles. The molecule has 2 amide bonds. The molecule has 0 spiro atoms. The lowest BCUT2D eigenvalue weighted by atomic mass is 9.95. The summed E-state index contributed by atoms with van der Waals surface area (Å²) in [5.41, 5.74) is 1.44. The second kappa shape index (κ2) is 7.27. The van der Waals surface area contributed by atoms with E-state index in [1.807, 2.05) is 0 Å². The van der Waals surface area contributed by atoms with Crippen LogP contribution in [0.4, 0.5) is 4.79 Å². The number of aromatic hydroxyl groups is 1. The van der Waals surface area contributed by atoms with Crippen LogP contribution in [0.25, 0.3) is 0 Å². The fraction of sp³-hybridized carbons (Fsp3) is 0.474. The topological polar surface area (TPSA) is 96.9 Å². The van der Waals surface area contributed by atoms with Crippen LogP contribution in [0.1, 0.15) is 44.7 Å². The quantitative estimate of drug-likeness (QED) is 0.718. The van der Waals surface area contributed by atoms with Crippen LogP contribution in [0.15, 0.2) is 29.5 Å². The highest BCUT2D eigenvalue weighted by Crippen LogP contribution is 2.35. The summed E-state index contributed by atoms with van der Waals surface area (Å²) in [4.78, 5) is 24.8. The van der Waals surface area contributed by atoms with Crippen LogP contribution in [-0.4, -0.2) is 30.3 Å². The minimum absolute atomic E-state index is 0.0129. The van der Waals surface area contributed by atoms with E-state index < -0.39 is 18.0 Å². The summed E-state index contributed by atoms with van der Waals surface area (Å²) >= 11 is 0. The van der Waals surface area contributed by atoms with E-state index in [4.69, 9.17) is 9.47 Å². The predicted molar refractivity (Wildman–Crippen MR) is 94.7 cm³/mol. The molecule has 3 atom stereocenters. The molecule has 1 saturated carbocycles. The standard InChI is InChI=1S/C19H24N2O5/c1-10-5-4-6-14(10)26-18(23)16-11(2)20-19(24)21-17(16)12-7-8-13(22)15(9-12)25-3/h7-10,14,17,22H,4-6H2,1-3H3,(H2,20,21,24)/t10-,14-,17-/m1/s1. The van der Waals surface area contributed by atoms with Gasteiger partial charge in [-0.25, -0.2) is 9.59 Å². The number of nitrogens with one attached hydrogen (secondary N) is 2. The van der Waals surface area contributed by atoms with Gasteiger partial charge in [-0.05, 0) is 49.8 Å². The van der Waals surface area contributed by atoms with Gasteiger partial charge in [-0.2, -0.15) is 0 Å². The number of esters is 1. The zero-order chi connectivity index (χ0) is 18.8. The summed E-state index contributed by atoms with van der Waals surface area (Å²) in [6.07, 6.45) is 2.85. The van der Waals surface area contributed by atoms with E-state index in [0.717, 1.165) is 19.3 Å². The van der Waals surface area contributed by atoms with E-state index in [2.05, 4.69) is 17.6 Å². The van der Waals surface area contributed by atoms with Crippen LogP contribution in [0, 0.1) is 5.92 Å². The number of phenolic OH excluding ortho intramolecular Hbond substituents is 1. The molecule has 7 nitrogen and oxygen atoms in total. The Balaban J connectivity index is 1.92. The third-order valence-corrected chi connectivity index (χ3v) is 5.07. The molecule has 1 aliphatic carbocycles. The van der Waals surface area contributed by atoms with Crippen LogP contribution >= 0.6 is 0 Å². The lowest BCUT2D eigenvalue weighted by Gasteiger charge is -2.29. The number of carbonyl (C=O) groups is 2. The monoisotopic (exact) mass is 360 g/mol. The molecule has 1 heterocycles. The summed E-state index contributed by atoms with van der Waals surface area (Å²) in [7, 11) is 1.44. The third-order valence-electron chi connectivity index (χ3n) is 5.07. The number of urea groups is 1. The minimum atomic E-state index is -0.678. The zero-order valence-electron chi connectivity index (χ0n) is 15.2. The molecule has 0 bridgehead atoms. The van der Waals surface area contributed by atoms with Gasteiger partial charge in [0.2, 0.25) is 0 Å². The number of hydrogen-bond donors (Lipinski definition) is 3. The van der Waals surface area contributed by atoms with Crippen LogP contribution in [0.5, 0.6) is 11.5 Å². The SMILES string of the molecule is COc1cc([C@H]2NC(=O)NC(C)=C2C(=O)O[C@@H]2CCC[C@H]2C)ccc1O. The Bertz CT molecular complexity index is 758. The number of ether oxygens (including phenoxy) is 2. The van der Waals surface area contributed by atoms with Crippen molar-refractivity contribution in [3.63, 3.8) is 0 Å². The Hall–Kier alpha value is -2.70. The fourth-order valence-corrected chi connectivity index (χ4v) is 3.58. The van der Waals surface area contributed by atoms with E-state index in [9.17, 15) is 14.7 Å². The molecule has 0 aromatic heterocycles. The van der Waals surface area contributed by atoms with Gasteiger partial charge in [-0.1, -0.05) is 13.0 Å². The lowest BCUT2D eigenvalue weighted by molar-refractivity contribution is -0.146. The largest absolute Gasteiger partial charge is 0.504 e. The van der Waals surface area contributed by atoms with Crippen molar-refractivity contribution < 1.29 is 24.2 Å². The van der Waals surface area contributed by atoms with E-state index >= 15 is 0 Å². The number of benzene rings is 1. The molecule has 3 N–H and O–H groups in total. The Labute approximate surface area is 152 Å². The number of phenols is 1. The number of rotatable bonds is 4. The van der Waals surface area contributed by atoms with Crippen molar-refractivity contribution >= 4 is 12.0 Å². The predicted octanol–water partition coefficient (Wildman–Crippen LogP) is 2.76. The Morgan fingerprint density at radius 3 is 2.73 bits per heavy atom. The summed E-state index contributed by atoms with van der Waals surface area (Å²) in [5, 5.41) is 15.2. The molecule has 2 aliphatic rings. The molecule has 1 aromatic rings. The van der Waals surface area contributed by atoms with Crippen molar-refractivity contribution in [3.05, 3.63) is 35.0 Å². The van der Waals surface area contributed by atoms with Gasteiger partial charge in [-0.15, -0.1) is 0 Å². The van der Waals surface area contributed by atoms with Gasteiger partial charge in [0.05, 0.1) is 18.7 Å². The molecule has 0 unspecified atom stereocenters. The van der Waals surface area contributed by atoms with Crippen LogP contribution in [0.3, 0.4) is 0 Å². The average Bonchev–Trinajstić information content (AvgIpc) is 2.99. The molecule has 26 heavy (non-hydrogen) atoms. The maximum Gasteiger partial charge on any atom is 0.338 e. The van der Waals surface area contributed by atoms with Gasteiger partial charge in [0.25, 0.3) is 0 Å². The second-order valence-electron chi connectivity index (χ2n) is 6.85. The molecule has 0 radical (unpaired) electrons. The highest BCUT2D eigenvalue weighted by molar-refractivity contribution is 5.95. The number of carbonyl (C=O) groups excluding carboxylic acids is 2. The summed E-state index contributed by atoms with van der Waals surface area (Å²) < 4.78 is 10.9. The maximum atomic E-state index is 12.9. The summed E-state index contributed by atoms with van der Waals surface area (Å²) in [6, 6.07) is 3.64. The zero-order valence-corrected chi connectivity index (χ0v) is 15.2. The highest BCUT2D eigenvalue weighted by Gasteiger charge is 2.35. The number of hydrogen-bond acceptors (Lipinski definition) is 5. The van der Waals surface area contributed by atoms with Gasteiger partial charge in [0.15, 0.2) is 11.5 Å². The van der Waals surface area contributed by atoms with Gasteiger partial charge in [0, 0.05) is 5.70 Å². The molecule has 1 fully saturated rings. The Morgan fingerprint density at radius 1 is 1.31 bits per heavy atom. The number of methoxy groups -OCH3 is 1. The van der Waals surface area contributed by atoms with E-state index in [-0.39, 0.29) is 17.6 Å². The van der Waals surface area contributed by atoms with Crippen LogP contribution in [-0.2, 0) is 9.53 Å². The first-order valence-electron chi connectivity index (χ1n) is 8.77. The summed E-state index contributed by atoms with van der Waals surface area (Å²) in [5.74, 6) is 0.148. The second-order valence-corrected chi connectivity index (χ2v) is 6.85. The number of amides is 2. The maximum absolute atomic E-state index is 12.9. The van der Waals surface area contributed by atoms with Crippen LogP contribution < -0.4 is 15.4 Å². The van der Waals surface area contributed by atoms with Crippen molar-refractivity contribution in [1.82, 2.24) is 10.6 Å². The van der Waals surface area contributed by atoms with E-state index in [1.54, 1.807) is 19.1 Å². The first-order valence-corrected chi connectivity index (χ1v) is 8.77. The Kier molecular flexibility index (Phi) is 5.06. The van der Waals surface area contributed by atoms with Gasteiger partial charge >= 0.3 is 12.0 Å². The minimum Gasteiger partial charge on any atom is -0.504 e. The first kappa shape index (κ1) is 18.1. The van der Waals surface area contributed by atoms with Crippen molar-refractivity contribution in [2.24, 2.45) is 5.92 Å². The van der Waals surface area contributed by atoms with Crippen LogP contribution in [0.2, 0.25) is 0 Å². The summed E-state index contributed by atoms with van der Waals surface area (Å²) in [6.45, 7) is 3.76. The number of allylic oxidation sites excluding steroid dienone is 1. The van der Waals surface area contributed by atoms with Crippen molar-refractivity contribution in [1.29, 1.82) is 0 Å². The molecular formula is C19H24N2O5. The van der Waals surface area contributed by atoms with Gasteiger partial charge in [0.1, 0.15) is 6.10 Å². The average molecular weight is 360 g/mol. The van der Waals surface area contributed by atoms with E-state index in [1.165, 1.54) is 13.2 Å². The fourth-order valence-electron chi connectivity index (χ4n) is 3.58. The first-order chi connectivity index (χ1) is 12.4. The highest BCUT2D eigenvalue weighted by atomic mass is 16.5. The molecule has 1 aliphatic heterocycles. The third kappa shape index (κ3) is 3.47. The normalized spacial score (nSPS) is 25.5. The molecule has 1 aromatic carbocycles. The Morgan fingerprint density at radius 2 is 2.08 bits per heavy atom. The van der Waals surface area contributed by atoms with Gasteiger partial charge < -0.3 is 25.2 Å². The molecule has 7 heteroatoms. The van der Waals surface area contributed by atoms with Crippen molar-refractivity contribution in [2.75, 3.05) is 7.11 Å². The van der Waals surface area contributed by atoms with Gasteiger partial charge in [-0.3, -0.25) is 0 Å². The van der Waals surface area contributed by atoms with Crippen molar-refractivity contribution in [2.45, 2.75) is 45.3 Å². The smallest absolute Gasteiger partial charge is 0.338 e. The lowest BCUT2D eigenvalue weighted by Crippen LogP contribution is -2.45. The molecule has 3 rings (SSSR count). The van der Waals surface area contributed by atoms with E-state index in [0.29, 0.717) is 22.8 Å². The molecule has 140 valence electrons. The molecular weight excluding hydrogens is 336 g/mol.